The molecule has 0 spiro atoms. The van der Waals surface area contributed by atoms with Crippen LogP contribution in [-0.4, -0.2) is 19.0 Å². The van der Waals surface area contributed by atoms with Crippen molar-refractivity contribution in [3.05, 3.63) is 0 Å². The van der Waals surface area contributed by atoms with Crippen LogP contribution in [-0.2, 0) is 4.74 Å². The fourth-order valence-electron chi connectivity index (χ4n) is 2.27. The van der Waals surface area contributed by atoms with Crippen molar-refractivity contribution in [2.45, 2.75) is 31.6 Å². The molecule has 0 aliphatic heterocycles. The Morgan fingerprint density at radius 1 is 0.944 bits per heavy atom. The van der Waals surface area contributed by atoms with Gasteiger partial charge in [0.15, 0.2) is 0 Å². The van der Waals surface area contributed by atoms with E-state index in [4.69, 9.17) is 6.42 Å². The number of hydrogen-bond donors (Lipinski definition) is 0. The molecule has 1 nitrogen and oxygen atoms in total. The zero-order valence-electron chi connectivity index (χ0n) is 9.31. The van der Waals surface area contributed by atoms with Crippen LogP contribution >= 0.6 is 0 Å². The summed E-state index contributed by atoms with van der Waals surface area (Å²) >= 11 is 0. The van der Waals surface area contributed by atoms with E-state index >= 15 is 0 Å². The molecule has 1 fully saturated rings. The first-order valence-corrected chi connectivity index (χ1v) is 5.35. The highest BCUT2D eigenvalue weighted by atomic mass is 19.4. The van der Waals surface area contributed by atoms with Crippen LogP contribution in [0, 0.1) is 30.3 Å². The largest absolute Gasteiger partial charge is 0.447 e. The number of terminal acetylenes is 1. The van der Waals surface area contributed by atoms with E-state index in [2.05, 4.69) is 4.74 Å². The third-order valence-electron chi connectivity index (χ3n) is 3.13. The second-order valence-corrected chi connectivity index (χ2v) is 4.48. The lowest BCUT2D eigenvalue weighted by molar-refractivity contribution is -0.229. The number of hydrogen-bond acceptors (Lipinski definition) is 1. The Morgan fingerprint density at radius 2 is 1.39 bits per heavy atom. The molecule has 18 heavy (non-hydrogen) atoms. The molecule has 0 saturated heterocycles. The fraction of sp³-hybridized carbons (Fsp3) is 0.818. The number of alkyl halides is 6. The Hall–Kier alpha value is -1.06. The van der Waals surface area contributed by atoms with Crippen molar-refractivity contribution >= 4 is 0 Å². The quantitative estimate of drug-likeness (QED) is 0.550. The summed E-state index contributed by atoms with van der Waals surface area (Å²) in [6.07, 6.45) is -4.33. The van der Waals surface area contributed by atoms with E-state index in [1.54, 1.807) is 6.11 Å². The van der Waals surface area contributed by atoms with Crippen molar-refractivity contribution < 1.29 is 31.1 Å². The van der Waals surface area contributed by atoms with Gasteiger partial charge in [0.05, 0.1) is 11.8 Å². The zero-order chi connectivity index (χ0) is 14.0. The molecular weight excluding hydrogens is 262 g/mol. The predicted molar refractivity (Wildman–Crippen MR) is 51.2 cm³/mol. The van der Waals surface area contributed by atoms with Gasteiger partial charge in [0.25, 0.3) is 0 Å². The van der Waals surface area contributed by atoms with Crippen LogP contribution in [0.1, 0.15) is 19.3 Å². The van der Waals surface area contributed by atoms with Crippen molar-refractivity contribution in [2.24, 2.45) is 17.8 Å². The molecule has 2 unspecified atom stereocenters. The van der Waals surface area contributed by atoms with Crippen LogP contribution in [0.4, 0.5) is 26.3 Å². The summed E-state index contributed by atoms with van der Waals surface area (Å²) in [6.45, 7) is -0.268. The second-order valence-electron chi connectivity index (χ2n) is 4.48. The molecule has 0 amide bonds. The predicted octanol–water partition coefficient (Wildman–Crippen LogP) is 3.75. The summed E-state index contributed by atoms with van der Waals surface area (Å²) < 4.78 is 79.8. The average Bonchev–Trinajstić information content (AvgIpc) is 2.23. The summed E-state index contributed by atoms with van der Waals surface area (Å²) in [4.78, 5) is 0. The molecule has 0 heterocycles. The van der Waals surface area contributed by atoms with E-state index < -0.39 is 36.5 Å². The lowest BCUT2D eigenvalue weighted by atomic mass is 9.75. The molecule has 0 aromatic rings. The van der Waals surface area contributed by atoms with Gasteiger partial charge < -0.3 is 4.74 Å². The van der Waals surface area contributed by atoms with Gasteiger partial charge in [0.1, 0.15) is 12.7 Å². The Morgan fingerprint density at radius 3 is 1.72 bits per heavy atom. The highest BCUT2D eigenvalue weighted by Crippen LogP contribution is 2.47. The molecule has 0 bridgehead atoms. The van der Waals surface area contributed by atoms with Crippen LogP contribution in [0.2, 0.25) is 0 Å². The number of rotatable bonds is 2. The zero-order valence-corrected chi connectivity index (χ0v) is 9.31. The average molecular weight is 274 g/mol. The molecule has 2 atom stereocenters. The SMILES string of the molecule is C#COCC1CC(C(F)(F)F)CC(C(F)(F)F)C1. The van der Waals surface area contributed by atoms with Crippen molar-refractivity contribution in [3.8, 4) is 12.5 Å². The second kappa shape index (κ2) is 5.29. The smallest absolute Gasteiger partial charge is 0.391 e. The van der Waals surface area contributed by atoms with Crippen molar-refractivity contribution in [2.75, 3.05) is 6.61 Å². The summed E-state index contributed by atoms with van der Waals surface area (Å²) in [5, 5.41) is 0. The standard InChI is InChI=1S/C11H12F6O/c1-2-18-6-7-3-8(10(12,13)14)5-9(4-7)11(15,16)17/h1,7-9H,3-6H2. The van der Waals surface area contributed by atoms with Gasteiger partial charge in [-0.15, -0.1) is 0 Å². The monoisotopic (exact) mass is 274 g/mol. The van der Waals surface area contributed by atoms with Crippen molar-refractivity contribution in [3.63, 3.8) is 0 Å². The Labute approximate surface area is 100 Å². The van der Waals surface area contributed by atoms with Crippen molar-refractivity contribution in [1.29, 1.82) is 0 Å². The van der Waals surface area contributed by atoms with Gasteiger partial charge >= 0.3 is 12.4 Å². The van der Waals surface area contributed by atoms with E-state index in [1.165, 1.54) is 0 Å². The summed E-state index contributed by atoms with van der Waals surface area (Å²) in [5.74, 6) is -4.69. The van der Waals surface area contributed by atoms with Gasteiger partial charge in [-0.3, -0.25) is 0 Å². The third-order valence-corrected chi connectivity index (χ3v) is 3.13. The van der Waals surface area contributed by atoms with Gasteiger partial charge in [0.2, 0.25) is 0 Å². The molecule has 1 saturated carbocycles. The fourth-order valence-corrected chi connectivity index (χ4v) is 2.27. The molecule has 104 valence electrons. The van der Waals surface area contributed by atoms with E-state index in [0.29, 0.717) is 0 Å². The normalized spacial score (nSPS) is 29.7. The van der Waals surface area contributed by atoms with E-state index in [-0.39, 0.29) is 19.4 Å². The molecule has 1 aliphatic carbocycles. The first-order chi connectivity index (χ1) is 8.14. The first kappa shape index (κ1) is 15.0. The summed E-state index contributed by atoms with van der Waals surface area (Å²) in [5.41, 5.74) is 0. The third kappa shape index (κ3) is 4.00. The lowest BCUT2D eigenvalue weighted by Gasteiger charge is -2.36. The maximum absolute atomic E-state index is 12.5. The van der Waals surface area contributed by atoms with Crippen LogP contribution in [0.5, 0.6) is 0 Å². The Balaban J connectivity index is 2.76. The Bertz CT molecular complexity index is 291. The van der Waals surface area contributed by atoms with E-state index in [1.807, 2.05) is 0 Å². The lowest BCUT2D eigenvalue weighted by Crippen LogP contribution is -2.39. The number of halogens is 6. The van der Waals surface area contributed by atoms with Gasteiger partial charge in [-0.05, 0) is 25.2 Å². The van der Waals surface area contributed by atoms with Gasteiger partial charge in [0, 0.05) is 0 Å². The molecule has 1 aliphatic rings. The topological polar surface area (TPSA) is 9.23 Å². The van der Waals surface area contributed by atoms with E-state index in [9.17, 15) is 26.3 Å². The van der Waals surface area contributed by atoms with Crippen LogP contribution in [0.25, 0.3) is 0 Å². The van der Waals surface area contributed by atoms with Gasteiger partial charge in [-0.25, -0.2) is 0 Å². The highest BCUT2D eigenvalue weighted by molar-refractivity contribution is 4.86. The maximum Gasteiger partial charge on any atom is 0.391 e. The molecule has 0 aromatic carbocycles. The molecule has 0 radical (unpaired) electrons. The molecule has 7 heteroatoms. The summed E-state index contributed by atoms with van der Waals surface area (Å²) in [7, 11) is 0. The summed E-state index contributed by atoms with van der Waals surface area (Å²) in [6, 6.07) is 0. The van der Waals surface area contributed by atoms with E-state index in [0.717, 1.165) is 0 Å². The van der Waals surface area contributed by atoms with Crippen LogP contribution in [0.15, 0.2) is 0 Å². The molecular formula is C11H12F6O. The first-order valence-electron chi connectivity index (χ1n) is 5.35. The van der Waals surface area contributed by atoms with Gasteiger partial charge in [-0.1, -0.05) is 6.42 Å². The highest BCUT2D eigenvalue weighted by Gasteiger charge is 2.51. The Kier molecular flexibility index (Phi) is 4.41. The van der Waals surface area contributed by atoms with Gasteiger partial charge in [-0.2, -0.15) is 26.3 Å². The minimum absolute atomic E-state index is 0.268. The molecule has 1 rings (SSSR count). The minimum Gasteiger partial charge on any atom is -0.447 e. The molecule has 0 N–H and O–H groups in total. The van der Waals surface area contributed by atoms with Crippen LogP contribution < -0.4 is 0 Å². The number of ether oxygens (including phenoxy) is 1. The maximum atomic E-state index is 12.5. The van der Waals surface area contributed by atoms with Crippen molar-refractivity contribution in [1.82, 2.24) is 0 Å². The minimum atomic E-state index is -4.61. The van der Waals surface area contributed by atoms with Crippen LogP contribution in [0.3, 0.4) is 0 Å². The molecule has 0 aromatic heterocycles.